The molecular formula is C23H51NO5Si2. The molecular weight excluding hydrogens is 426 g/mol. The summed E-state index contributed by atoms with van der Waals surface area (Å²) in [6.07, 6.45) is 1.60. The average Bonchev–Trinajstić information content (AvgIpc) is 2.68. The fourth-order valence-electron chi connectivity index (χ4n) is 4.58. The molecule has 0 aliphatic heterocycles. The number of amides is 1. The lowest BCUT2D eigenvalue weighted by atomic mass is 10.3. The van der Waals surface area contributed by atoms with E-state index >= 15 is 0 Å². The number of carbonyl (C=O) groups is 1. The number of carbonyl (C=O) groups excluding carboxylic acids is 1. The van der Waals surface area contributed by atoms with Crippen molar-refractivity contribution in [3.05, 3.63) is 0 Å². The first kappa shape index (κ1) is 30.6. The molecule has 1 atom stereocenters. The van der Waals surface area contributed by atoms with E-state index in [1.54, 1.807) is 0 Å². The van der Waals surface area contributed by atoms with Crippen molar-refractivity contribution in [2.24, 2.45) is 0 Å². The minimum Gasteiger partial charge on any atom is -0.503 e. The van der Waals surface area contributed by atoms with Gasteiger partial charge in [-0.3, -0.25) is 0 Å². The Bertz CT molecular complexity index is 475. The molecule has 186 valence electrons. The van der Waals surface area contributed by atoms with Crippen molar-refractivity contribution in [2.75, 3.05) is 26.3 Å². The van der Waals surface area contributed by atoms with Crippen LogP contribution >= 0.6 is 0 Å². The van der Waals surface area contributed by atoms with Gasteiger partial charge in [0.25, 0.3) is 8.32 Å². The second-order valence-corrected chi connectivity index (χ2v) is 17.3. The van der Waals surface area contributed by atoms with Gasteiger partial charge in [0.05, 0.1) is 0 Å². The first-order valence-electron chi connectivity index (χ1n) is 12.4. The Labute approximate surface area is 194 Å². The monoisotopic (exact) mass is 477 g/mol. The average molecular weight is 478 g/mol. The zero-order valence-electron chi connectivity index (χ0n) is 22.2. The maximum absolute atomic E-state index is 13.2. The second-order valence-electron chi connectivity index (χ2n) is 9.25. The van der Waals surface area contributed by atoms with Crippen molar-refractivity contribution in [1.29, 1.82) is 0 Å². The summed E-state index contributed by atoms with van der Waals surface area (Å²) in [4.78, 5) is 15.0. The van der Waals surface area contributed by atoms with Gasteiger partial charge in [-0.15, -0.1) is 0 Å². The van der Waals surface area contributed by atoms with Crippen LogP contribution in [0.4, 0.5) is 4.79 Å². The zero-order valence-corrected chi connectivity index (χ0v) is 24.2. The maximum atomic E-state index is 13.2. The Morgan fingerprint density at radius 3 is 1.68 bits per heavy atom. The van der Waals surface area contributed by atoms with Gasteiger partial charge >= 0.3 is 14.9 Å². The van der Waals surface area contributed by atoms with Crippen LogP contribution in [0.25, 0.3) is 0 Å². The summed E-state index contributed by atoms with van der Waals surface area (Å²) < 4.78 is 24.8. The van der Waals surface area contributed by atoms with E-state index in [9.17, 15) is 4.79 Å². The first-order valence-corrected chi connectivity index (χ1v) is 16.5. The van der Waals surface area contributed by atoms with Crippen LogP contribution in [0.1, 0.15) is 89.0 Å². The van der Waals surface area contributed by atoms with E-state index in [1.165, 1.54) is 0 Å². The number of nitrogens with zero attached hydrogens (tertiary/aromatic N) is 1. The zero-order chi connectivity index (χ0) is 24.2. The Morgan fingerprint density at radius 1 is 0.839 bits per heavy atom. The Hall–Kier alpha value is -0.416. The van der Waals surface area contributed by atoms with Gasteiger partial charge < -0.3 is 22.6 Å². The molecule has 0 bridgehead atoms. The van der Waals surface area contributed by atoms with E-state index in [0.717, 1.165) is 12.8 Å². The van der Waals surface area contributed by atoms with Gasteiger partial charge in [-0.2, -0.15) is 0 Å². The van der Waals surface area contributed by atoms with Crippen LogP contribution in [0.5, 0.6) is 0 Å². The molecule has 1 amide bonds. The number of hydrogen-bond acceptors (Lipinski definition) is 5. The predicted molar refractivity (Wildman–Crippen MR) is 134 cm³/mol. The third-order valence-corrected chi connectivity index (χ3v) is 15.3. The van der Waals surface area contributed by atoms with Crippen molar-refractivity contribution >= 4 is 23.2 Å². The van der Waals surface area contributed by atoms with Crippen LogP contribution in [0, 0.1) is 0 Å². The molecule has 1 unspecified atom stereocenters. The number of rotatable bonds is 16. The van der Waals surface area contributed by atoms with Crippen molar-refractivity contribution < 1.29 is 22.5 Å². The quantitative estimate of drug-likeness (QED) is 0.228. The van der Waals surface area contributed by atoms with Gasteiger partial charge in [-0.05, 0) is 57.2 Å². The molecule has 0 aromatic heterocycles. The molecule has 0 aromatic carbocycles. The third-order valence-electron chi connectivity index (χ3n) is 6.21. The summed E-state index contributed by atoms with van der Waals surface area (Å²) in [5, 5.41) is 0. The standard InChI is InChI=1S/C23H51NO5Si2/c1-12-22(11)28-30(26-14-3,27-15-4)18-16-17-24(13-2)23(25)29-31(19(5)6,20(7)8)21(9)10/h19-22H,12-18H2,1-11H3. The molecule has 0 aromatic rings. The molecule has 0 saturated heterocycles. The van der Waals surface area contributed by atoms with Gasteiger partial charge in [-0.25, -0.2) is 4.79 Å². The Kier molecular flexibility index (Phi) is 14.5. The van der Waals surface area contributed by atoms with Crippen LogP contribution < -0.4 is 0 Å². The molecule has 0 N–H and O–H groups in total. The molecule has 31 heavy (non-hydrogen) atoms. The van der Waals surface area contributed by atoms with E-state index in [-0.39, 0.29) is 12.2 Å². The SMILES string of the molecule is CCO[Si](CCCN(CC)C(=O)O[Si](C(C)C)(C(C)C)C(C)C)(OCC)OC(C)CC. The van der Waals surface area contributed by atoms with Gasteiger partial charge in [0, 0.05) is 38.5 Å². The minimum atomic E-state index is -2.76. The summed E-state index contributed by atoms with van der Waals surface area (Å²) in [6, 6.07) is 0.698. The highest BCUT2D eigenvalue weighted by atomic mass is 28.4. The Morgan fingerprint density at radius 2 is 1.32 bits per heavy atom. The van der Waals surface area contributed by atoms with Crippen molar-refractivity contribution in [1.82, 2.24) is 4.90 Å². The topological polar surface area (TPSA) is 57.2 Å². The smallest absolute Gasteiger partial charge is 0.501 e. The lowest BCUT2D eigenvalue weighted by Crippen LogP contribution is -2.52. The van der Waals surface area contributed by atoms with Gasteiger partial charge in [0.15, 0.2) is 0 Å². The highest BCUT2D eigenvalue weighted by Crippen LogP contribution is 2.42. The van der Waals surface area contributed by atoms with Gasteiger partial charge in [0.2, 0.25) is 0 Å². The molecule has 0 aliphatic rings. The molecule has 0 aliphatic carbocycles. The first-order chi connectivity index (χ1) is 14.5. The van der Waals surface area contributed by atoms with Gasteiger partial charge in [0.1, 0.15) is 0 Å². The molecule has 8 heteroatoms. The van der Waals surface area contributed by atoms with Crippen molar-refractivity contribution in [3.8, 4) is 0 Å². The molecule has 6 nitrogen and oxygen atoms in total. The lowest BCUT2D eigenvalue weighted by Gasteiger charge is -2.42. The molecule has 0 saturated carbocycles. The van der Waals surface area contributed by atoms with Crippen LogP contribution in [0.15, 0.2) is 0 Å². The fraction of sp³-hybridized carbons (Fsp3) is 0.957. The van der Waals surface area contributed by atoms with E-state index in [4.69, 9.17) is 17.7 Å². The Balaban J connectivity index is 5.32. The van der Waals surface area contributed by atoms with Gasteiger partial charge in [-0.1, -0.05) is 48.5 Å². The molecule has 0 fully saturated rings. The normalized spacial score (nSPS) is 13.9. The summed E-state index contributed by atoms with van der Waals surface area (Å²) in [5.74, 6) is 0. The van der Waals surface area contributed by atoms with Crippen LogP contribution in [-0.4, -0.2) is 60.5 Å². The summed E-state index contributed by atoms with van der Waals surface area (Å²) in [6.45, 7) is 25.7. The van der Waals surface area contributed by atoms with Crippen molar-refractivity contribution in [3.63, 3.8) is 0 Å². The van der Waals surface area contributed by atoms with Crippen LogP contribution in [0.2, 0.25) is 22.7 Å². The highest BCUT2D eigenvalue weighted by Gasteiger charge is 2.49. The summed E-state index contributed by atoms with van der Waals surface area (Å²) in [5.41, 5.74) is 1.11. The highest BCUT2D eigenvalue weighted by molar-refractivity contribution is 6.78. The molecule has 0 rings (SSSR count). The van der Waals surface area contributed by atoms with Crippen LogP contribution in [-0.2, 0) is 17.7 Å². The number of hydrogen-bond donors (Lipinski definition) is 0. The molecule has 0 spiro atoms. The van der Waals surface area contributed by atoms with Crippen LogP contribution in [0.3, 0.4) is 0 Å². The van der Waals surface area contributed by atoms with E-state index in [0.29, 0.717) is 49.0 Å². The fourth-order valence-corrected chi connectivity index (χ4v) is 12.6. The van der Waals surface area contributed by atoms with E-state index < -0.39 is 17.1 Å². The maximum Gasteiger partial charge on any atom is 0.501 e. The third kappa shape index (κ3) is 8.80. The largest absolute Gasteiger partial charge is 0.503 e. The summed E-state index contributed by atoms with van der Waals surface area (Å²) >= 11 is 0. The minimum absolute atomic E-state index is 0.0896. The predicted octanol–water partition coefficient (Wildman–Crippen LogP) is 6.84. The summed E-state index contributed by atoms with van der Waals surface area (Å²) in [7, 11) is -5.02. The van der Waals surface area contributed by atoms with Crippen molar-refractivity contribution in [2.45, 2.75) is 118 Å². The van der Waals surface area contributed by atoms with E-state index in [1.807, 2.05) is 25.7 Å². The second kappa shape index (κ2) is 14.7. The lowest BCUT2D eigenvalue weighted by molar-refractivity contribution is 0.0361. The molecule has 0 radical (unpaired) electrons. The van der Waals surface area contributed by atoms with E-state index in [2.05, 4.69) is 55.4 Å². The molecule has 0 heterocycles.